The Labute approximate surface area is 402 Å². The number of aliphatic hydroxyl groups is 2. The van der Waals surface area contributed by atoms with Gasteiger partial charge in [0.15, 0.2) is 0 Å². The van der Waals surface area contributed by atoms with E-state index in [2.05, 4.69) is 99.0 Å². The van der Waals surface area contributed by atoms with Gasteiger partial charge in [0.1, 0.15) is 6.10 Å². The Morgan fingerprint density at radius 1 is 0.462 bits per heavy atom. The maximum Gasteiger partial charge on any atom is 0.306 e. The van der Waals surface area contributed by atoms with Gasteiger partial charge in [-0.15, -0.1) is 0 Å². The lowest BCUT2D eigenvalue weighted by Crippen LogP contribution is -2.46. The zero-order valence-corrected chi connectivity index (χ0v) is 42.9. The first-order valence-electron chi connectivity index (χ1n) is 27.7. The third-order valence-electron chi connectivity index (χ3n) is 12.4. The summed E-state index contributed by atoms with van der Waals surface area (Å²) >= 11 is 0. The molecule has 3 atom stereocenters. The van der Waals surface area contributed by atoms with Crippen molar-refractivity contribution in [3.63, 3.8) is 0 Å². The van der Waals surface area contributed by atoms with Gasteiger partial charge in [-0.25, -0.2) is 0 Å². The van der Waals surface area contributed by atoms with Gasteiger partial charge in [0.05, 0.1) is 25.2 Å². The van der Waals surface area contributed by atoms with Crippen LogP contribution in [-0.2, 0) is 14.3 Å². The van der Waals surface area contributed by atoms with Crippen molar-refractivity contribution in [3.05, 3.63) is 72.9 Å². The number of hydrogen-bond donors (Lipinski definition) is 3. The summed E-state index contributed by atoms with van der Waals surface area (Å²) in [6.07, 6.45) is 66.7. The highest BCUT2D eigenvalue weighted by Gasteiger charge is 2.24. The number of aliphatic hydroxyl groups excluding tert-OH is 2. The van der Waals surface area contributed by atoms with E-state index in [1.165, 1.54) is 122 Å². The van der Waals surface area contributed by atoms with Crippen LogP contribution in [0, 0.1) is 0 Å². The normalized spacial score (nSPS) is 13.7. The van der Waals surface area contributed by atoms with Gasteiger partial charge in [-0.1, -0.05) is 241 Å². The van der Waals surface area contributed by atoms with E-state index in [0.717, 1.165) is 96.3 Å². The smallest absolute Gasteiger partial charge is 0.306 e. The van der Waals surface area contributed by atoms with Crippen LogP contribution in [-0.4, -0.2) is 46.9 Å². The minimum Gasteiger partial charge on any atom is -0.462 e. The lowest BCUT2D eigenvalue weighted by molar-refractivity contribution is -0.151. The van der Waals surface area contributed by atoms with Gasteiger partial charge in [-0.3, -0.25) is 9.59 Å². The first kappa shape index (κ1) is 62.3. The number of hydrogen-bond acceptors (Lipinski definition) is 5. The molecule has 65 heavy (non-hydrogen) atoms. The van der Waals surface area contributed by atoms with Crippen LogP contribution in [0.3, 0.4) is 0 Å². The summed E-state index contributed by atoms with van der Waals surface area (Å²) in [5.74, 6) is -0.506. The van der Waals surface area contributed by atoms with E-state index in [4.69, 9.17) is 4.74 Å². The van der Waals surface area contributed by atoms with Crippen molar-refractivity contribution >= 4 is 11.9 Å². The van der Waals surface area contributed by atoms with Gasteiger partial charge in [0.25, 0.3) is 0 Å². The van der Waals surface area contributed by atoms with Crippen molar-refractivity contribution in [2.45, 2.75) is 283 Å². The molecule has 3 unspecified atom stereocenters. The van der Waals surface area contributed by atoms with Gasteiger partial charge in [-0.05, 0) is 83.5 Å². The molecule has 6 nitrogen and oxygen atoms in total. The molecular formula is C59H105NO5. The Balaban J connectivity index is 4.65. The van der Waals surface area contributed by atoms with Crippen LogP contribution in [0.25, 0.3) is 0 Å². The molecule has 0 aromatic carbocycles. The molecule has 3 N–H and O–H groups in total. The maximum absolute atomic E-state index is 13.2. The summed E-state index contributed by atoms with van der Waals surface area (Å²) in [7, 11) is 0. The number of unbranched alkanes of at least 4 members (excludes halogenated alkanes) is 28. The average Bonchev–Trinajstić information content (AvgIpc) is 3.30. The highest BCUT2D eigenvalue weighted by atomic mass is 16.5. The Hall–Kier alpha value is -2.70. The van der Waals surface area contributed by atoms with Crippen LogP contribution in [0.5, 0.6) is 0 Å². The van der Waals surface area contributed by atoms with Crippen molar-refractivity contribution in [3.8, 4) is 0 Å². The number of allylic oxidation sites excluding steroid dienone is 12. The second-order valence-corrected chi connectivity index (χ2v) is 18.7. The Bertz CT molecular complexity index is 1200. The standard InChI is InChI=1S/C59H105NO5/c1-4-7-10-13-16-19-22-24-26-28-30-32-34-37-40-43-46-49-52-59(64)65-55(50-47-44-41-38-36-33-31-29-27-25-23-20-17-14-11-8-5-2)53-58(63)60-56(54-61)57(62)51-48-45-42-39-35-21-18-15-12-9-6-3/h16-17,19-20,22,24-28,30,32,55-57,61-62H,4-15,18,21,23,29,31,33-54H2,1-3H3,(H,60,63)/b19-16+,20-17-,24-22+,27-25-,28-26+,32-30+. The molecule has 0 aromatic rings. The molecule has 0 spiro atoms. The molecule has 6 heteroatoms. The van der Waals surface area contributed by atoms with Crippen molar-refractivity contribution in [1.82, 2.24) is 5.32 Å². The third kappa shape index (κ3) is 47.6. The quantitative estimate of drug-likeness (QED) is 0.0245. The Morgan fingerprint density at radius 2 is 0.846 bits per heavy atom. The largest absolute Gasteiger partial charge is 0.462 e. The zero-order chi connectivity index (χ0) is 47.4. The van der Waals surface area contributed by atoms with Crippen LogP contribution >= 0.6 is 0 Å². The fourth-order valence-electron chi connectivity index (χ4n) is 8.12. The molecule has 1 amide bonds. The zero-order valence-electron chi connectivity index (χ0n) is 42.9. The number of carbonyl (C=O) groups is 2. The molecule has 0 aromatic heterocycles. The second-order valence-electron chi connectivity index (χ2n) is 18.7. The van der Waals surface area contributed by atoms with Gasteiger partial charge in [0, 0.05) is 6.42 Å². The number of ether oxygens (including phenoxy) is 1. The third-order valence-corrected chi connectivity index (χ3v) is 12.4. The summed E-state index contributed by atoms with van der Waals surface area (Å²) < 4.78 is 5.94. The topological polar surface area (TPSA) is 95.9 Å². The predicted molar refractivity (Wildman–Crippen MR) is 282 cm³/mol. The highest BCUT2D eigenvalue weighted by Crippen LogP contribution is 2.18. The fraction of sp³-hybridized carbons (Fsp3) is 0.763. The second kappa shape index (κ2) is 52.3. The lowest BCUT2D eigenvalue weighted by Gasteiger charge is -2.24. The summed E-state index contributed by atoms with van der Waals surface area (Å²) in [6.45, 7) is 6.42. The molecule has 0 aliphatic carbocycles. The lowest BCUT2D eigenvalue weighted by atomic mass is 10.0. The minimum atomic E-state index is -0.797. The number of nitrogens with one attached hydrogen (secondary N) is 1. The van der Waals surface area contributed by atoms with Gasteiger partial charge in [0.2, 0.25) is 5.91 Å². The number of amides is 1. The first-order valence-corrected chi connectivity index (χ1v) is 27.7. The highest BCUT2D eigenvalue weighted by molar-refractivity contribution is 5.77. The summed E-state index contributed by atoms with van der Waals surface area (Å²) in [4.78, 5) is 26.2. The van der Waals surface area contributed by atoms with E-state index >= 15 is 0 Å². The molecule has 0 saturated heterocycles. The molecule has 0 aliphatic heterocycles. The Kier molecular flexibility index (Phi) is 50.1. The molecule has 0 fully saturated rings. The van der Waals surface area contributed by atoms with E-state index in [1.54, 1.807) is 0 Å². The van der Waals surface area contributed by atoms with Crippen molar-refractivity contribution < 1.29 is 24.5 Å². The molecule has 0 saturated carbocycles. The monoisotopic (exact) mass is 908 g/mol. The van der Waals surface area contributed by atoms with Crippen molar-refractivity contribution in [1.29, 1.82) is 0 Å². The van der Waals surface area contributed by atoms with Crippen LogP contribution in [0.15, 0.2) is 72.9 Å². The number of rotatable bonds is 49. The number of carbonyl (C=O) groups excluding carboxylic acids is 2. The van der Waals surface area contributed by atoms with Crippen LogP contribution < -0.4 is 5.32 Å². The van der Waals surface area contributed by atoms with Crippen molar-refractivity contribution in [2.75, 3.05) is 6.61 Å². The van der Waals surface area contributed by atoms with Crippen LogP contribution in [0.2, 0.25) is 0 Å². The molecule has 0 rings (SSSR count). The summed E-state index contributed by atoms with van der Waals surface area (Å²) in [6, 6.07) is -0.712. The Morgan fingerprint density at radius 3 is 1.34 bits per heavy atom. The summed E-state index contributed by atoms with van der Waals surface area (Å²) in [5.41, 5.74) is 0. The van der Waals surface area contributed by atoms with E-state index < -0.39 is 18.2 Å². The number of esters is 1. The van der Waals surface area contributed by atoms with Gasteiger partial charge < -0.3 is 20.3 Å². The maximum atomic E-state index is 13.2. The van der Waals surface area contributed by atoms with E-state index in [-0.39, 0.29) is 24.9 Å². The average molecular weight is 908 g/mol. The fourth-order valence-corrected chi connectivity index (χ4v) is 8.12. The molecule has 0 aliphatic rings. The van der Waals surface area contributed by atoms with E-state index in [0.29, 0.717) is 19.3 Å². The SMILES string of the molecule is CCCCC/C=C\C/C=C\CCCCCCCCCC(CC(=O)NC(CO)C(O)CCCCCCCCCCCCC)OC(=O)CCCCCCC/C=C/C=C/C=C/C=C/CCCCC. The minimum absolute atomic E-state index is 0.0603. The van der Waals surface area contributed by atoms with E-state index in [9.17, 15) is 19.8 Å². The molecule has 376 valence electrons. The first-order chi connectivity index (χ1) is 32.0. The van der Waals surface area contributed by atoms with Crippen LogP contribution in [0.4, 0.5) is 0 Å². The molecule has 0 heterocycles. The predicted octanol–water partition coefficient (Wildman–Crippen LogP) is 17.0. The van der Waals surface area contributed by atoms with Gasteiger partial charge >= 0.3 is 5.97 Å². The van der Waals surface area contributed by atoms with E-state index in [1.807, 2.05) is 0 Å². The van der Waals surface area contributed by atoms with Crippen molar-refractivity contribution in [2.24, 2.45) is 0 Å². The van der Waals surface area contributed by atoms with Crippen LogP contribution in [0.1, 0.15) is 265 Å². The van der Waals surface area contributed by atoms with Gasteiger partial charge in [-0.2, -0.15) is 0 Å². The molecule has 0 radical (unpaired) electrons. The summed E-state index contributed by atoms with van der Waals surface area (Å²) in [5, 5.41) is 23.8. The molecule has 0 bridgehead atoms. The molecular weight excluding hydrogens is 803 g/mol.